The average Bonchev–Trinajstić information content (AvgIpc) is 2.96. The molecule has 21 heavy (non-hydrogen) atoms. The van der Waals surface area contributed by atoms with Gasteiger partial charge in [-0.15, -0.1) is 0 Å². The molecule has 1 atom stereocenters. The summed E-state index contributed by atoms with van der Waals surface area (Å²) in [6.45, 7) is 12.1. The van der Waals surface area contributed by atoms with E-state index in [9.17, 15) is 4.79 Å². The van der Waals surface area contributed by atoms with Crippen molar-refractivity contribution in [2.75, 3.05) is 19.6 Å². The van der Waals surface area contributed by atoms with Crippen LogP contribution in [0.5, 0.6) is 0 Å². The van der Waals surface area contributed by atoms with Crippen LogP contribution in [-0.2, 0) is 6.54 Å². The minimum atomic E-state index is -0.0814. The lowest BCUT2D eigenvalue weighted by Crippen LogP contribution is -2.46. The smallest absolute Gasteiger partial charge is 0.315 e. The Balaban J connectivity index is 2.38. The van der Waals surface area contributed by atoms with E-state index in [1.165, 1.54) is 0 Å². The first kappa shape index (κ1) is 18.0. The molecule has 1 heterocycles. The van der Waals surface area contributed by atoms with Gasteiger partial charge in [-0.25, -0.2) is 4.79 Å². The molecule has 0 saturated heterocycles. The molecule has 0 bridgehead atoms. The molecule has 0 saturated carbocycles. The van der Waals surface area contributed by atoms with Gasteiger partial charge < -0.3 is 10.6 Å². The van der Waals surface area contributed by atoms with E-state index in [0.29, 0.717) is 25.0 Å². The fourth-order valence-corrected chi connectivity index (χ4v) is 3.16. The number of hydrogen-bond donors (Lipinski definition) is 2. The topological polar surface area (TPSA) is 44.4 Å². The third-order valence-electron chi connectivity index (χ3n) is 3.60. The molecule has 1 aromatic rings. The number of thiophene rings is 1. The molecule has 0 fully saturated rings. The number of amides is 2. The average molecular weight is 311 g/mol. The van der Waals surface area contributed by atoms with Gasteiger partial charge in [0.2, 0.25) is 0 Å². The second kappa shape index (κ2) is 9.79. The van der Waals surface area contributed by atoms with Gasteiger partial charge in [-0.2, -0.15) is 11.3 Å². The van der Waals surface area contributed by atoms with E-state index < -0.39 is 0 Å². The highest BCUT2D eigenvalue weighted by Gasteiger charge is 2.17. The van der Waals surface area contributed by atoms with E-state index in [1.54, 1.807) is 11.3 Å². The van der Waals surface area contributed by atoms with Gasteiger partial charge in [0.05, 0.1) is 0 Å². The molecule has 0 aromatic carbocycles. The maximum atomic E-state index is 11.9. The second-order valence-corrected chi connectivity index (χ2v) is 6.48. The Morgan fingerprint density at radius 1 is 1.29 bits per heavy atom. The molecule has 2 amide bonds. The second-order valence-electron chi connectivity index (χ2n) is 5.70. The number of hydrogen-bond acceptors (Lipinski definition) is 3. The van der Waals surface area contributed by atoms with Crippen LogP contribution in [0.2, 0.25) is 0 Å². The van der Waals surface area contributed by atoms with E-state index in [0.717, 1.165) is 25.1 Å². The number of carbonyl (C=O) groups is 1. The molecule has 5 heteroatoms. The fourth-order valence-electron chi connectivity index (χ4n) is 2.49. The summed E-state index contributed by atoms with van der Waals surface area (Å²) in [6.07, 6.45) is 1.10. The predicted octanol–water partition coefficient (Wildman–Crippen LogP) is 3.30. The van der Waals surface area contributed by atoms with Crippen LogP contribution >= 0.6 is 11.3 Å². The molecule has 0 aliphatic heterocycles. The Kier molecular flexibility index (Phi) is 8.38. The van der Waals surface area contributed by atoms with Crippen molar-refractivity contribution in [3.63, 3.8) is 0 Å². The minimum absolute atomic E-state index is 0.0814. The van der Waals surface area contributed by atoms with Crippen molar-refractivity contribution in [3.8, 4) is 0 Å². The van der Waals surface area contributed by atoms with Gasteiger partial charge in [-0.05, 0) is 47.8 Å². The van der Waals surface area contributed by atoms with E-state index in [1.807, 2.05) is 11.4 Å². The highest BCUT2D eigenvalue weighted by Crippen LogP contribution is 2.11. The zero-order valence-corrected chi connectivity index (χ0v) is 14.5. The van der Waals surface area contributed by atoms with Gasteiger partial charge in [0.1, 0.15) is 0 Å². The molecule has 120 valence electrons. The molecule has 0 spiro atoms. The van der Waals surface area contributed by atoms with Crippen molar-refractivity contribution in [1.82, 2.24) is 15.5 Å². The van der Waals surface area contributed by atoms with Crippen LogP contribution in [0.15, 0.2) is 16.8 Å². The Bertz CT molecular complexity index is 388. The van der Waals surface area contributed by atoms with Crippen LogP contribution in [-0.4, -0.2) is 36.6 Å². The first-order valence-electron chi connectivity index (χ1n) is 7.83. The molecule has 4 nitrogen and oxygen atoms in total. The Morgan fingerprint density at radius 2 is 2.00 bits per heavy atom. The zero-order valence-electron chi connectivity index (χ0n) is 13.7. The lowest BCUT2D eigenvalue weighted by molar-refractivity contribution is 0.184. The maximum absolute atomic E-state index is 11.9. The third-order valence-corrected chi connectivity index (χ3v) is 4.34. The summed E-state index contributed by atoms with van der Waals surface area (Å²) < 4.78 is 0. The molecule has 1 rings (SSSR count). The van der Waals surface area contributed by atoms with E-state index in [-0.39, 0.29) is 6.03 Å². The lowest BCUT2D eigenvalue weighted by Gasteiger charge is -2.31. The first-order chi connectivity index (χ1) is 10.1. The van der Waals surface area contributed by atoms with E-state index >= 15 is 0 Å². The van der Waals surface area contributed by atoms with E-state index in [4.69, 9.17) is 0 Å². The standard InChI is InChI=1S/C16H29N3OS/c1-5-19(6-2)15(9-13(3)4)11-18-16(20)17-10-14-7-8-21-12-14/h7-8,12-13,15H,5-6,9-11H2,1-4H3,(H2,17,18,20). The summed E-state index contributed by atoms with van der Waals surface area (Å²) in [7, 11) is 0. The molecular weight excluding hydrogens is 282 g/mol. The highest BCUT2D eigenvalue weighted by atomic mass is 32.1. The third kappa shape index (κ3) is 6.96. The van der Waals surface area contributed by atoms with Crippen LogP contribution in [0.3, 0.4) is 0 Å². The number of nitrogens with zero attached hydrogens (tertiary/aromatic N) is 1. The molecule has 0 radical (unpaired) electrons. The highest BCUT2D eigenvalue weighted by molar-refractivity contribution is 7.07. The molecule has 0 aliphatic rings. The van der Waals surface area contributed by atoms with Gasteiger partial charge in [0.25, 0.3) is 0 Å². The Morgan fingerprint density at radius 3 is 2.52 bits per heavy atom. The zero-order chi connectivity index (χ0) is 15.7. The quantitative estimate of drug-likeness (QED) is 0.735. The summed E-state index contributed by atoms with van der Waals surface area (Å²) in [6, 6.07) is 2.36. The fraction of sp³-hybridized carbons (Fsp3) is 0.688. The maximum Gasteiger partial charge on any atom is 0.315 e. The number of nitrogens with one attached hydrogen (secondary N) is 2. The molecule has 0 aliphatic carbocycles. The minimum Gasteiger partial charge on any atom is -0.337 e. The SMILES string of the molecule is CCN(CC)C(CNC(=O)NCc1ccsc1)CC(C)C. The summed E-state index contributed by atoms with van der Waals surface area (Å²) in [4.78, 5) is 14.3. The van der Waals surface area contributed by atoms with Crippen molar-refractivity contribution in [3.05, 3.63) is 22.4 Å². The molecule has 2 N–H and O–H groups in total. The van der Waals surface area contributed by atoms with Crippen molar-refractivity contribution in [1.29, 1.82) is 0 Å². The van der Waals surface area contributed by atoms with Crippen LogP contribution in [0.25, 0.3) is 0 Å². The van der Waals surface area contributed by atoms with E-state index in [2.05, 4.69) is 48.6 Å². The number of rotatable bonds is 9. The van der Waals surface area contributed by atoms with Gasteiger partial charge in [0.15, 0.2) is 0 Å². The summed E-state index contributed by atoms with van der Waals surface area (Å²) >= 11 is 1.65. The number of urea groups is 1. The number of carbonyl (C=O) groups excluding carboxylic acids is 1. The molecular formula is C16H29N3OS. The normalized spacial score (nSPS) is 12.7. The molecule has 1 aromatic heterocycles. The van der Waals surface area contributed by atoms with Crippen molar-refractivity contribution >= 4 is 17.4 Å². The van der Waals surface area contributed by atoms with Gasteiger partial charge in [-0.1, -0.05) is 27.7 Å². The number of likely N-dealkylation sites (N-methyl/N-ethyl adjacent to an activating group) is 1. The Hall–Kier alpha value is -1.07. The first-order valence-corrected chi connectivity index (χ1v) is 8.77. The Labute approximate surface area is 132 Å². The largest absolute Gasteiger partial charge is 0.337 e. The van der Waals surface area contributed by atoms with Gasteiger partial charge >= 0.3 is 6.03 Å². The van der Waals surface area contributed by atoms with Crippen molar-refractivity contribution in [2.45, 2.75) is 46.7 Å². The van der Waals surface area contributed by atoms with Crippen LogP contribution in [0.4, 0.5) is 4.79 Å². The lowest BCUT2D eigenvalue weighted by atomic mass is 10.0. The van der Waals surface area contributed by atoms with Gasteiger partial charge in [-0.3, -0.25) is 4.90 Å². The summed E-state index contributed by atoms with van der Waals surface area (Å²) in [5.74, 6) is 0.631. The monoisotopic (exact) mass is 311 g/mol. The van der Waals surface area contributed by atoms with Crippen molar-refractivity contribution < 1.29 is 4.79 Å². The van der Waals surface area contributed by atoms with Crippen molar-refractivity contribution in [2.24, 2.45) is 5.92 Å². The predicted molar refractivity (Wildman–Crippen MR) is 90.7 cm³/mol. The molecule has 1 unspecified atom stereocenters. The van der Waals surface area contributed by atoms with Crippen LogP contribution in [0.1, 0.15) is 39.7 Å². The van der Waals surface area contributed by atoms with Crippen LogP contribution in [0, 0.1) is 5.92 Å². The summed E-state index contributed by atoms with van der Waals surface area (Å²) in [5.41, 5.74) is 1.15. The van der Waals surface area contributed by atoms with Crippen LogP contribution < -0.4 is 10.6 Å². The van der Waals surface area contributed by atoms with Gasteiger partial charge in [0, 0.05) is 19.1 Å². The summed E-state index contributed by atoms with van der Waals surface area (Å²) in [5, 5.41) is 9.99.